The third kappa shape index (κ3) is 3.45. The lowest BCUT2D eigenvalue weighted by molar-refractivity contribution is 0.354. The summed E-state index contributed by atoms with van der Waals surface area (Å²) in [5.41, 5.74) is 0.668. The van der Waals surface area contributed by atoms with E-state index in [-0.39, 0.29) is 6.54 Å². The van der Waals surface area contributed by atoms with Crippen LogP contribution < -0.4 is 10.0 Å². The van der Waals surface area contributed by atoms with Crippen molar-refractivity contribution in [3.63, 3.8) is 0 Å². The standard InChI is InChI=1S/C10H17N5O2S/c1-9-12-3-2-10(14-9)8-13-18(16,17)15-6-4-11-5-7-15/h2-3,11,13H,4-8H2,1H3. The highest BCUT2D eigenvalue weighted by atomic mass is 32.2. The van der Waals surface area contributed by atoms with E-state index in [0.29, 0.717) is 37.7 Å². The van der Waals surface area contributed by atoms with Crippen molar-refractivity contribution in [1.82, 2.24) is 24.3 Å². The van der Waals surface area contributed by atoms with E-state index in [1.54, 1.807) is 19.2 Å². The Morgan fingerprint density at radius 2 is 2.17 bits per heavy atom. The lowest BCUT2D eigenvalue weighted by atomic mass is 10.4. The fourth-order valence-corrected chi connectivity index (χ4v) is 2.92. The van der Waals surface area contributed by atoms with E-state index in [1.165, 1.54) is 4.31 Å². The van der Waals surface area contributed by atoms with Gasteiger partial charge < -0.3 is 5.32 Å². The van der Waals surface area contributed by atoms with Crippen molar-refractivity contribution >= 4 is 10.2 Å². The Morgan fingerprint density at radius 1 is 1.44 bits per heavy atom. The van der Waals surface area contributed by atoms with E-state index in [1.807, 2.05) is 0 Å². The molecular weight excluding hydrogens is 254 g/mol. The molecule has 0 bridgehead atoms. The highest BCUT2D eigenvalue weighted by Crippen LogP contribution is 2.02. The molecule has 2 heterocycles. The lowest BCUT2D eigenvalue weighted by Crippen LogP contribution is -2.50. The van der Waals surface area contributed by atoms with Gasteiger partial charge in [-0.1, -0.05) is 0 Å². The molecule has 1 fully saturated rings. The van der Waals surface area contributed by atoms with Crippen molar-refractivity contribution in [1.29, 1.82) is 0 Å². The normalized spacial score (nSPS) is 17.8. The van der Waals surface area contributed by atoms with Crippen LogP contribution in [0.3, 0.4) is 0 Å². The molecule has 100 valence electrons. The Morgan fingerprint density at radius 3 is 2.83 bits per heavy atom. The molecule has 1 aliphatic heterocycles. The topological polar surface area (TPSA) is 87.2 Å². The number of aromatic nitrogens is 2. The first-order valence-electron chi connectivity index (χ1n) is 5.82. The van der Waals surface area contributed by atoms with E-state index in [9.17, 15) is 8.42 Å². The number of hydrogen-bond acceptors (Lipinski definition) is 5. The second-order valence-corrected chi connectivity index (χ2v) is 5.83. The molecule has 1 aliphatic rings. The maximum absolute atomic E-state index is 12.0. The fourth-order valence-electron chi connectivity index (χ4n) is 1.74. The first kappa shape index (κ1) is 13.3. The molecule has 0 aliphatic carbocycles. The van der Waals surface area contributed by atoms with Gasteiger partial charge in [0.25, 0.3) is 10.2 Å². The van der Waals surface area contributed by atoms with Crippen LogP contribution in [-0.4, -0.2) is 48.9 Å². The van der Waals surface area contributed by atoms with Crippen LogP contribution in [0.25, 0.3) is 0 Å². The molecule has 0 spiro atoms. The Hall–Kier alpha value is -1.09. The molecule has 18 heavy (non-hydrogen) atoms. The summed E-state index contributed by atoms with van der Waals surface area (Å²) in [6, 6.07) is 1.70. The van der Waals surface area contributed by atoms with Crippen molar-refractivity contribution in [2.24, 2.45) is 0 Å². The van der Waals surface area contributed by atoms with E-state index in [2.05, 4.69) is 20.0 Å². The van der Waals surface area contributed by atoms with Gasteiger partial charge in [0, 0.05) is 32.4 Å². The summed E-state index contributed by atoms with van der Waals surface area (Å²) >= 11 is 0. The predicted molar refractivity (Wildman–Crippen MR) is 67.0 cm³/mol. The minimum atomic E-state index is -3.41. The summed E-state index contributed by atoms with van der Waals surface area (Å²) in [6.07, 6.45) is 1.62. The van der Waals surface area contributed by atoms with Crippen LogP contribution in [0.5, 0.6) is 0 Å². The van der Waals surface area contributed by atoms with E-state index >= 15 is 0 Å². The number of hydrogen-bond donors (Lipinski definition) is 2. The van der Waals surface area contributed by atoms with Gasteiger partial charge in [-0.15, -0.1) is 0 Å². The van der Waals surface area contributed by atoms with Gasteiger partial charge in [0.1, 0.15) is 5.82 Å². The maximum atomic E-state index is 12.0. The fraction of sp³-hybridized carbons (Fsp3) is 0.600. The highest BCUT2D eigenvalue weighted by Gasteiger charge is 2.23. The molecule has 1 aromatic rings. The van der Waals surface area contributed by atoms with Crippen LogP contribution in [-0.2, 0) is 16.8 Å². The average molecular weight is 271 g/mol. The molecule has 0 atom stereocenters. The maximum Gasteiger partial charge on any atom is 0.279 e. The van der Waals surface area contributed by atoms with Crippen molar-refractivity contribution in [2.45, 2.75) is 13.5 Å². The minimum Gasteiger partial charge on any atom is -0.314 e. The quantitative estimate of drug-likeness (QED) is 0.735. The summed E-state index contributed by atoms with van der Waals surface area (Å²) in [7, 11) is -3.41. The highest BCUT2D eigenvalue weighted by molar-refractivity contribution is 7.87. The Balaban J connectivity index is 1.96. The third-order valence-corrected chi connectivity index (χ3v) is 4.24. The SMILES string of the molecule is Cc1nccc(CNS(=O)(=O)N2CCNCC2)n1. The molecule has 2 N–H and O–H groups in total. The molecule has 0 unspecified atom stereocenters. The average Bonchev–Trinajstić information content (AvgIpc) is 2.38. The molecule has 1 saturated heterocycles. The first-order valence-corrected chi connectivity index (χ1v) is 7.26. The van der Waals surface area contributed by atoms with Crippen LogP contribution >= 0.6 is 0 Å². The number of nitrogens with one attached hydrogen (secondary N) is 2. The lowest BCUT2D eigenvalue weighted by Gasteiger charge is -2.26. The Labute approximate surface area is 107 Å². The zero-order valence-corrected chi connectivity index (χ0v) is 11.1. The van der Waals surface area contributed by atoms with Gasteiger partial charge in [0.2, 0.25) is 0 Å². The Bertz CT molecular complexity index is 499. The summed E-state index contributed by atoms with van der Waals surface area (Å²) in [5, 5.41) is 3.11. The van der Waals surface area contributed by atoms with Crippen LogP contribution in [0.2, 0.25) is 0 Å². The van der Waals surface area contributed by atoms with Gasteiger partial charge in [-0.25, -0.2) is 9.97 Å². The number of aryl methyl sites for hydroxylation is 1. The second kappa shape index (κ2) is 5.70. The molecule has 0 saturated carbocycles. The molecule has 0 radical (unpaired) electrons. The number of rotatable bonds is 4. The largest absolute Gasteiger partial charge is 0.314 e. The molecule has 0 amide bonds. The van der Waals surface area contributed by atoms with Gasteiger partial charge in [-0.2, -0.15) is 17.4 Å². The first-order chi connectivity index (χ1) is 8.58. The monoisotopic (exact) mass is 271 g/mol. The van der Waals surface area contributed by atoms with Crippen LogP contribution in [0.15, 0.2) is 12.3 Å². The van der Waals surface area contributed by atoms with Crippen molar-refractivity contribution in [3.05, 3.63) is 23.8 Å². The zero-order valence-electron chi connectivity index (χ0n) is 10.3. The van der Waals surface area contributed by atoms with E-state index in [0.717, 1.165) is 0 Å². The minimum absolute atomic E-state index is 0.190. The van der Waals surface area contributed by atoms with Crippen LogP contribution in [0.4, 0.5) is 0 Å². The predicted octanol–water partition coefficient (Wildman–Crippen LogP) is -0.975. The molecule has 1 aromatic heterocycles. The third-order valence-electron chi connectivity index (χ3n) is 2.69. The number of nitrogens with zero attached hydrogens (tertiary/aromatic N) is 3. The molecule has 2 rings (SSSR count). The van der Waals surface area contributed by atoms with Crippen molar-refractivity contribution in [2.75, 3.05) is 26.2 Å². The number of piperazine rings is 1. The van der Waals surface area contributed by atoms with E-state index < -0.39 is 10.2 Å². The summed E-state index contributed by atoms with van der Waals surface area (Å²) < 4.78 is 28.0. The van der Waals surface area contributed by atoms with Crippen LogP contribution in [0.1, 0.15) is 11.5 Å². The summed E-state index contributed by atoms with van der Waals surface area (Å²) in [4.78, 5) is 8.12. The summed E-state index contributed by atoms with van der Waals surface area (Å²) in [6.45, 7) is 4.33. The molecule has 7 nitrogen and oxygen atoms in total. The Kier molecular flexibility index (Phi) is 4.23. The second-order valence-electron chi connectivity index (χ2n) is 4.07. The smallest absolute Gasteiger partial charge is 0.279 e. The van der Waals surface area contributed by atoms with Gasteiger partial charge >= 0.3 is 0 Å². The zero-order chi connectivity index (χ0) is 13.0. The van der Waals surface area contributed by atoms with Gasteiger partial charge in [-0.05, 0) is 13.0 Å². The summed E-state index contributed by atoms with van der Waals surface area (Å²) in [5.74, 6) is 0.633. The van der Waals surface area contributed by atoms with Crippen molar-refractivity contribution in [3.8, 4) is 0 Å². The molecule has 8 heteroatoms. The molecular formula is C10H17N5O2S. The van der Waals surface area contributed by atoms with Crippen molar-refractivity contribution < 1.29 is 8.42 Å². The molecule has 0 aromatic carbocycles. The van der Waals surface area contributed by atoms with Crippen LogP contribution in [0, 0.1) is 6.92 Å². The van der Waals surface area contributed by atoms with Gasteiger partial charge in [0.15, 0.2) is 0 Å². The van der Waals surface area contributed by atoms with Gasteiger partial charge in [-0.3, -0.25) is 0 Å². The van der Waals surface area contributed by atoms with E-state index in [4.69, 9.17) is 0 Å². The van der Waals surface area contributed by atoms with Gasteiger partial charge in [0.05, 0.1) is 12.2 Å².